The van der Waals surface area contributed by atoms with Crippen molar-refractivity contribution in [2.45, 2.75) is 162 Å². The van der Waals surface area contributed by atoms with Crippen LogP contribution in [0.4, 0.5) is 26.3 Å². The van der Waals surface area contributed by atoms with Gasteiger partial charge in [0.1, 0.15) is 0 Å². The van der Waals surface area contributed by atoms with Crippen molar-refractivity contribution in [2.75, 3.05) is 26.9 Å². The van der Waals surface area contributed by atoms with E-state index in [0.29, 0.717) is 25.5 Å². The van der Waals surface area contributed by atoms with Gasteiger partial charge in [-0.3, -0.25) is 0 Å². The lowest BCUT2D eigenvalue weighted by Crippen LogP contribution is -2.41. The van der Waals surface area contributed by atoms with Gasteiger partial charge in [0.15, 0.2) is 0 Å². The molecule has 0 saturated carbocycles. The lowest BCUT2D eigenvalue weighted by molar-refractivity contribution is -0.138. The average molecular weight is 1040 g/mol. The normalized spacial score (nSPS) is 21.8. The third kappa shape index (κ3) is 14.8. The predicted octanol–water partition coefficient (Wildman–Crippen LogP) is 11.3. The van der Waals surface area contributed by atoms with E-state index in [2.05, 4.69) is 20.7 Å². The minimum Gasteiger partial charge on any atom is -0.405 e. The first kappa shape index (κ1) is 55.2. The van der Waals surface area contributed by atoms with Crippen LogP contribution in [0.15, 0.2) is 40.9 Å². The SMILES string of the molecule is C1CCOC1.CC1(C)OB(B2OC(C)(C)C(C)(C)O2)OC1(C)C.CCOC.CCc1cc(C(F)(F)F)ccc1B1OC(C)(C)C(C)(C)O1.FC(F)(F)c1ccc(Br)c(I)c1. The molecule has 0 bridgehead atoms. The summed E-state index contributed by atoms with van der Waals surface area (Å²) in [6, 6.07) is 7.27. The first-order valence-electron chi connectivity index (χ1n) is 20.0. The van der Waals surface area contributed by atoms with Crippen LogP contribution in [0.1, 0.15) is 126 Å². The topological polar surface area (TPSA) is 73.8 Å². The molecule has 0 amide bonds. The Bertz CT molecular complexity index is 1580. The molecule has 0 atom stereocenters. The van der Waals surface area contributed by atoms with E-state index < -0.39 is 55.8 Å². The number of hydrogen-bond acceptors (Lipinski definition) is 8. The van der Waals surface area contributed by atoms with Gasteiger partial charge in [0.2, 0.25) is 0 Å². The molecule has 0 aliphatic carbocycles. The maximum atomic E-state index is 12.8. The summed E-state index contributed by atoms with van der Waals surface area (Å²) in [4.78, 5) is 0. The zero-order valence-electron chi connectivity index (χ0n) is 37.7. The lowest BCUT2D eigenvalue weighted by Gasteiger charge is -2.32. The third-order valence-corrected chi connectivity index (χ3v) is 13.8. The fraction of sp³-hybridized carbons (Fsp3) is 0.707. The molecule has 6 rings (SSSR count). The van der Waals surface area contributed by atoms with Crippen LogP contribution >= 0.6 is 38.5 Å². The van der Waals surface area contributed by atoms with Crippen LogP contribution in [0.3, 0.4) is 0 Å². The molecule has 0 N–H and O–H groups in total. The average Bonchev–Trinajstić information content (AvgIpc) is 3.86. The summed E-state index contributed by atoms with van der Waals surface area (Å²) >= 11 is 4.96. The van der Waals surface area contributed by atoms with Gasteiger partial charge in [-0.1, -0.05) is 19.1 Å². The van der Waals surface area contributed by atoms with E-state index in [1.165, 1.54) is 31.0 Å². The van der Waals surface area contributed by atoms with E-state index in [4.69, 9.17) is 32.7 Å². The summed E-state index contributed by atoms with van der Waals surface area (Å²) in [6.45, 7) is 30.5. The molecule has 8 nitrogen and oxygen atoms in total. The molecule has 0 aromatic heterocycles. The number of ether oxygens (including phenoxy) is 2. The Morgan fingerprint density at radius 1 is 0.617 bits per heavy atom. The molecule has 2 aromatic carbocycles. The first-order chi connectivity index (χ1) is 27.2. The highest BCUT2D eigenvalue weighted by Gasteiger charge is 2.63. The maximum absolute atomic E-state index is 12.8. The molecule has 340 valence electrons. The summed E-state index contributed by atoms with van der Waals surface area (Å²) in [5.74, 6) is 0. The van der Waals surface area contributed by atoms with Crippen LogP contribution in [0.2, 0.25) is 0 Å². The molecule has 4 saturated heterocycles. The second kappa shape index (κ2) is 21.4. The van der Waals surface area contributed by atoms with Gasteiger partial charge in [0, 0.05) is 35.0 Å². The number of methoxy groups -OCH3 is 1. The first-order valence-corrected chi connectivity index (χ1v) is 21.9. The highest BCUT2D eigenvalue weighted by Crippen LogP contribution is 2.43. The molecule has 4 aliphatic heterocycles. The smallest absolute Gasteiger partial charge is 0.405 e. The van der Waals surface area contributed by atoms with Crippen LogP contribution in [-0.4, -0.2) is 81.7 Å². The van der Waals surface area contributed by atoms with Gasteiger partial charge in [0.05, 0.1) is 44.7 Å². The number of hydrogen-bond donors (Lipinski definition) is 0. The molecule has 0 radical (unpaired) electrons. The van der Waals surface area contributed by atoms with Crippen LogP contribution in [0.25, 0.3) is 0 Å². The highest BCUT2D eigenvalue weighted by molar-refractivity contribution is 14.1. The van der Waals surface area contributed by atoms with Gasteiger partial charge < -0.3 is 37.4 Å². The molecular weight excluding hydrogens is 974 g/mol. The standard InChI is InChI=1S/C15H20BF3O2.C12H24B2O4.C7H3BrF3I.C4H8O.C3H8O/c1-6-10-9-11(15(17,18)19)7-8-12(10)16-20-13(2,3)14(4,5)21-16;1-9(2)10(3,4)16-13(15-9)14-17-11(5,6)12(7,8)18-14;8-5-2-1-4(3-6(5)12)7(9,10)11;1-2-4-5-3-1;1-3-4-2/h7-9H,6H2,1-5H3;1-8H3;1-3H;1-4H2;3H2,1-2H3. The molecule has 4 fully saturated rings. The van der Waals surface area contributed by atoms with E-state index in [0.717, 1.165) is 38.0 Å². The lowest BCUT2D eigenvalue weighted by atomic mass is 9.49. The quantitative estimate of drug-likeness (QED) is 0.170. The molecule has 4 heterocycles. The van der Waals surface area contributed by atoms with E-state index in [-0.39, 0.29) is 22.4 Å². The van der Waals surface area contributed by atoms with Crippen LogP contribution in [0, 0.1) is 3.57 Å². The maximum Gasteiger partial charge on any atom is 0.495 e. The Balaban J connectivity index is 0.000000287. The van der Waals surface area contributed by atoms with Crippen LogP contribution in [-0.2, 0) is 56.2 Å². The second-order valence-electron chi connectivity index (χ2n) is 17.6. The fourth-order valence-electron chi connectivity index (χ4n) is 5.47. The van der Waals surface area contributed by atoms with E-state index >= 15 is 0 Å². The van der Waals surface area contributed by atoms with Gasteiger partial charge in [0.25, 0.3) is 0 Å². The Morgan fingerprint density at radius 3 is 1.27 bits per heavy atom. The van der Waals surface area contributed by atoms with Crippen molar-refractivity contribution >= 4 is 65.1 Å². The van der Waals surface area contributed by atoms with Gasteiger partial charge in [-0.05, 0) is 183 Å². The summed E-state index contributed by atoms with van der Waals surface area (Å²) in [7, 11) is 0.0966. The molecule has 0 spiro atoms. The molecule has 4 aliphatic rings. The monoisotopic (exact) mass is 1040 g/mol. The number of aryl methyl sites for hydroxylation is 1. The van der Waals surface area contributed by atoms with Gasteiger partial charge in [-0.15, -0.1) is 0 Å². The molecule has 60 heavy (non-hydrogen) atoms. The Labute approximate surface area is 377 Å². The third-order valence-electron chi connectivity index (χ3n) is 11.5. The van der Waals surface area contributed by atoms with Crippen LogP contribution < -0.4 is 5.46 Å². The zero-order valence-corrected chi connectivity index (χ0v) is 41.5. The summed E-state index contributed by atoms with van der Waals surface area (Å²) in [5, 5.41) is 0. The minimum atomic E-state index is -4.33. The highest BCUT2D eigenvalue weighted by atomic mass is 127. The largest absolute Gasteiger partial charge is 0.495 e. The predicted molar refractivity (Wildman–Crippen MR) is 238 cm³/mol. The second-order valence-corrected chi connectivity index (χ2v) is 19.6. The number of alkyl halides is 6. The van der Waals surface area contributed by atoms with E-state index in [1.807, 2.05) is 120 Å². The van der Waals surface area contributed by atoms with Crippen LogP contribution in [0.5, 0.6) is 0 Å². The van der Waals surface area contributed by atoms with E-state index in [9.17, 15) is 26.3 Å². The van der Waals surface area contributed by atoms with Gasteiger partial charge in [-0.25, -0.2) is 0 Å². The van der Waals surface area contributed by atoms with E-state index in [1.54, 1.807) is 7.11 Å². The Morgan fingerprint density at radius 2 is 0.967 bits per heavy atom. The number of halogens is 8. The summed E-state index contributed by atoms with van der Waals surface area (Å²) in [6.07, 6.45) is -5.54. The van der Waals surface area contributed by atoms with Crippen molar-refractivity contribution in [3.8, 4) is 0 Å². The number of rotatable bonds is 4. The van der Waals surface area contributed by atoms with Crippen molar-refractivity contribution in [2.24, 2.45) is 0 Å². The van der Waals surface area contributed by atoms with Gasteiger partial charge >= 0.3 is 33.5 Å². The van der Waals surface area contributed by atoms with Gasteiger partial charge in [-0.2, -0.15) is 26.3 Å². The van der Waals surface area contributed by atoms with Crippen molar-refractivity contribution in [1.29, 1.82) is 0 Å². The summed E-state index contributed by atoms with van der Waals surface area (Å²) < 4.78 is 121. The number of benzene rings is 2. The Hall–Kier alpha value is -0.895. The Kier molecular flexibility index (Phi) is 19.7. The van der Waals surface area contributed by atoms with Crippen molar-refractivity contribution in [1.82, 2.24) is 0 Å². The fourth-order valence-corrected chi connectivity index (χ4v) is 6.23. The molecule has 2 aromatic rings. The zero-order chi connectivity index (χ0) is 46.3. The van der Waals surface area contributed by atoms with Crippen molar-refractivity contribution in [3.05, 3.63) is 61.1 Å². The molecular formula is C41H63B3BrF6IO8. The molecule has 0 unspecified atom stereocenters. The van der Waals surface area contributed by atoms with Crippen molar-refractivity contribution in [3.63, 3.8) is 0 Å². The molecule has 19 heteroatoms. The van der Waals surface area contributed by atoms with Crippen molar-refractivity contribution < 1.29 is 63.7 Å². The summed E-state index contributed by atoms with van der Waals surface area (Å²) in [5.41, 5.74) is -2.44. The minimum absolute atomic E-state index is 0.360.